The van der Waals surface area contributed by atoms with Gasteiger partial charge in [-0.2, -0.15) is 5.26 Å². The van der Waals surface area contributed by atoms with Crippen molar-refractivity contribution in [3.05, 3.63) is 59.7 Å². The smallest absolute Gasteiger partial charge is 0.325 e. The zero-order valence-electron chi connectivity index (χ0n) is 12.7. The van der Waals surface area contributed by atoms with E-state index >= 15 is 0 Å². The van der Waals surface area contributed by atoms with Gasteiger partial charge in [0.05, 0.1) is 18.7 Å². The number of methoxy groups -OCH3 is 1. The second-order valence-electron chi connectivity index (χ2n) is 5.47. The van der Waals surface area contributed by atoms with Crippen LogP contribution in [0.15, 0.2) is 48.5 Å². The number of nitriles is 1. The van der Waals surface area contributed by atoms with Crippen LogP contribution in [0.5, 0.6) is 0 Å². The normalized spacial score (nSPS) is 13.0. The Morgan fingerprint density at radius 1 is 1.14 bits per heavy atom. The Labute approximate surface area is 130 Å². The van der Waals surface area contributed by atoms with Crippen molar-refractivity contribution in [2.75, 3.05) is 7.11 Å². The van der Waals surface area contributed by atoms with Crippen molar-refractivity contribution in [1.82, 2.24) is 0 Å². The monoisotopic (exact) mass is 294 g/mol. The van der Waals surface area contributed by atoms with E-state index in [1.807, 2.05) is 36.4 Å². The van der Waals surface area contributed by atoms with Gasteiger partial charge in [0.15, 0.2) is 0 Å². The molecule has 0 radical (unpaired) electrons. The lowest BCUT2D eigenvalue weighted by molar-refractivity contribution is -0.146. The third kappa shape index (κ3) is 3.51. The van der Waals surface area contributed by atoms with Crippen LogP contribution in [0.25, 0.3) is 11.1 Å². The van der Waals surface area contributed by atoms with Crippen molar-refractivity contribution in [3.63, 3.8) is 0 Å². The molecule has 0 heterocycles. The highest BCUT2D eigenvalue weighted by Crippen LogP contribution is 2.21. The third-order valence-corrected chi connectivity index (χ3v) is 3.52. The summed E-state index contributed by atoms with van der Waals surface area (Å²) in [4.78, 5) is 11.6. The number of nitrogens with zero attached hydrogens (tertiary/aromatic N) is 1. The molecule has 2 aromatic carbocycles. The minimum absolute atomic E-state index is 0.410. The molecule has 0 aliphatic rings. The highest BCUT2D eigenvalue weighted by atomic mass is 16.5. The van der Waals surface area contributed by atoms with E-state index in [9.17, 15) is 4.79 Å². The van der Waals surface area contributed by atoms with Crippen molar-refractivity contribution in [1.29, 1.82) is 5.26 Å². The van der Waals surface area contributed by atoms with Gasteiger partial charge in [0.2, 0.25) is 0 Å². The molecule has 0 aromatic heterocycles. The van der Waals surface area contributed by atoms with Gasteiger partial charge in [-0.05, 0) is 35.7 Å². The predicted octanol–water partition coefficient (Wildman–Crippen LogP) is 2.66. The topological polar surface area (TPSA) is 76.1 Å². The molecule has 4 heteroatoms. The van der Waals surface area contributed by atoms with Crippen LogP contribution in [0.4, 0.5) is 0 Å². The first-order valence-corrected chi connectivity index (χ1v) is 6.93. The lowest BCUT2D eigenvalue weighted by atomic mass is 9.93. The molecule has 22 heavy (non-hydrogen) atoms. The van der Waals surface area contributed by atoms with Gasteiger partial charge >= 0.3 is 5.97 Å². The first-order valence-electron chi connectivity index (χ1n) is 6.93. The van der Waals surface area contributed by atoms with E-state index in [1.54, 1.807) is 19.1 Å². The standard InChI is InChI=1S/C18H18N2O2/c1-18(20,17(21)22-2)11-13-3-7-15(8-4-13)16-9-5-14(12-19)6-10-16/h3-10H,11,20H2,1-2H3/t18-/m0/s1. The van der Waals surface area contributed by atoms with Crippen LogP contribution in [-0.4, -0.2) is 18.6 Å². The number of esters is 1. The van der Waals surface area contributed by atoms with E-state index in [-0.39, 0.29) is 0 Å². The van der Waals surface area contributed by atoms with E-state index in [2.05, 4.69) is 6.07 Å². The average Bonchev–Trinajstić information content (AvgIpc) is 2.54. The fraction of sp³-hybridized carbons (Fsp3) is 0.222. The molecule has 0 fully saturated rings. The minimum Gasteiger partial charge on any atom is -0.468 e. The van der Waals surface area contributed by atoms with Gasteiger partial charge in [-0.25, -0.2) is 0 Å². The number of carbonyl (C=O) groups is 1. The fourth-order valence-electron chi connectivity index (χ4n) is 2.28. The molecule has 2 rings (SSSR count). The molecule has 2 aromatic rings. The second kappa shape index (κ2) is 6.42. The summed E-state index contributed by atoms with van der Waals surface area (Å²) in [6.07, 6.45) is 0.410. The maximum absolute atomic E-state index is 11.6. The molecular weight excluding hydrogens is 276 g/mol. The summed E-state index contributed by atoms with van der Waals surface area (Å²) in [5.74, 6) is -0.427. The highest BCUT2D eigenvalue weighted by Gasteiger charge is 2.29. The SMILES string of the molecule is COC(=O)[C@@](C)(N)Cc1ccc(-c2ccc(C#N)cc2)cc1. The Hall–Kier alpha value is -2.64. The van der Waals surface area contributed by atoms with E-state index in [1.165, 1.54) is 7.11 Å². The molecule has 2 N–H and O–H groups in total. The van der Waals surface area contributed by atoms with Crippen LogP contribution in [0.1, 0.15) is 18.1 Å². The number of hydrogen-bond acceptors (Lipinski definition) is 4. The molecule has 0 spiro atoms. The lowest BCUT2D eigenvalue weighted by Crippen LogP contribution is -2.47. The Balaban J connectivity index is 2.16. The summed E-state index contributed by atoms with van der Waals surface area (Å²) >= 11 is 0. The number of rotatable bonds is 4. The van der Waals surface area contributed by atoms with Gasteiger partial charge in [-0.3, -0.25) is 4.79 Å². The Morgan fingerprint density at radius 2 is 1.64 bits per heavy atom. The molecule has 0 saturated heterocycles. The minimum atomic E-state index is -1.04. The van der Waals surface area contributed by atoms with Crippen molar-refractivity contribution in [3.8, 4) is 17.2 Å². The van der Waals surface area contributed by atoms with Crippen LogP contribution >= 0.6 is 0 Å². The summed E-state index contributed by atoms with van der Waals surface area (Å²) in [5, 5.41) is 8.81. The number of ether oxygens (including phenoxy) is 1. The van der Waals surface area contributed by atoms with Crippen LogP contribution in [-0.2, 0) is 16.0 Å². The van der Waals surface area contributed by atoms with Gasteiger partial charge in [-0.15, -0.1) is 0 Å². The van der Waals surface area contributed by atoms with Crippen LogP contribution in [0, 0.1) is 11.3 Å². The molecule has 0 saturated carbocycles. The van der Waals surface area contributed by atoms with Crippen molar-refractivity contribution < 1.29 is 9.53 Å². The number of carbonyl (C=O) groups excluding carboxylic acids is 1. The number of benzene rings is 2. The fourth-order valence-corrected chi connectivity index (χ4v) is 2.28. The van der Waals surface area contributed by atoms with Crippen LogP contribution in [0.2, 0.25) is 0 Å². The molecule has 4 nitrogen and oxygen atoms in total. The van der Waals surface area contributed by atoms with E-state index in [0.29, 0.717) is 12.0 Å². The Kier molecular flexibility index (Phi) is 4.59. The zero-order chi connectivity index (χ0) is 16.2. The molecule has 0 amide bonds. The molecular formula is C18H18N2O2. The van der Waals surface area contributed by atoms with Gasteiger partial charge in [0.1, 0.15) is 5.54 Å². The maximum Gasteiger partial charge on any atom is 0.325 e. The first kappa shape index (κ1) is 15.7. The third-order valence-electron chi connectivity index (χ3n) is 3.52. The van der Waals surface area contributed by atoms with Gasteiger partial charge in [0, 0.05) is 6.42 Å². The highest BCUT2D eigenvalue weighted by molar-refractivity contribution is 5.80. The van der Waals surface area contributed by atoms with Crippen molar-refractivity contribution in [2.45, 2.75) is 18.9 Å². The summed E-state index contributed by atoms with van der Waals surface area (Å²) < 4.78 is 4.71. The lowest BCUT2D eigenvalue weighted by Gasteiger charge is -2.21. The summed E-state index contributed by atoms with van der Waals surface area (Å²) in [7, 11) is 1.33. The van der Waals surface area contributed by atoms with Gasteiger partial charge in [-0.1, -0.05) is 36.4 Å². The van der Waals surface area contributed by atoms with Crippen molar-refractivity contribution in [2.24, 2.45) is 5.73 Å². The van der Waals surface area contributed by atoms with Gasteiger partial charge < -0.3 is 10.5 Å². The Bertz CT molecular complexity index is 695. The zero-order valence-corrected chi connectivity index (χ0v) is 12.7. The molecule has 112 valence electrons. The number of hydrogen-bond donors (Lipinski definition) is 1. The Morgan fingerprint density at radius 3 is 2.09 bits per heavy atom. The first-order chi connectivity index (χ1) is 10.5. The quantitative estimate of drug-likeness (QED) is 0.879. The summed E-state index contributed by atoms with van der Waals surface area (Å²) in [5.41, 5.74) is 8.63. The van der Waals surface area contributed by atoms with E-state index < -0.39 is 11.5 Å². The van der Waals surface area contributed by atoms with Crippen LogP contribution < -0.4 is 5.73 Å². The molecule has 0 aliphatic heterocycles. The largest absolute Gasteiger partial charge is 0.468 e. The molecule has 0 unspecified atom stereocenters. The molecule has 1 atom stereocenters. The second-order valence-corrected chi connectivity index (χ2v) is 5.47. The summed E-state index contributed by atoms with van der Waals surface area (Å²) in [6.45, 7) is 1.66. The maximum atomic E-state index is 11.6. The van der Waals surface area contributed by atoms with Crippen molar-refractivity contribution >= 4 is 5.97 Å². The number of nitrogens with two attached hydrogens (primary N) is 1. The predicted molar refractivity (Wildman–Crippen MR) is 84.9 cm³/mol. The van der Waals surface area contributed by atoms with E-state index in [0.717, 1.165) is 16.7 Å². The van der Waals surface area contributed by atoms with Crippen LogP contribution in [0.3, 0.4) is 0 Å². The van der Waals surface area contributed by atoms with E-state index in [4.69, 9.17) is 15.7 Å². The molecule has 0 aliphatic carbocycles. The average molecular weight is 294 g/mol. The van der Waals surface area contributed by atoms with Gasteiger partial charge in [0.25, 0.3) is 0 Å². The molecule has 0 bridgehead atoms. The summed E-state index contributed by atoms with van der Waals surface area (Å²) in [6, 6.07) is 17.3.